The highest BCUT2D eigenvalue weighted by Gasteiger charge is 2.34. The van der Waals surface area contributed by atoms with Gasteiger partial charge >= 0.3 is 6.18 Å². The molecular formula is C23H21F3N2O5. The fourth-order valence-electron chi connectivity index (χ4n) is 3.05. The highest BCUT2D eigenvalue weighted by atomic mass is 19.4. The lowest BCUT2D eigenvalue weighted by molar-refractivity contribution is -0.136. The summed E-state index contributed by atoms with van der Waals surface area (Å²) in [5.74, 6) is -0.268. The third kappa shape index (κ3) is 6.28. The summed E-state index contributed by atoms with van der Waals surface area (Å²) in [6, 6.07) is 11.1. The van der Waals surface area contributed by atoms with Crippen LogP contribution in [0.4, 0.5) is 24.5 Å². The Bertz CT molecular complexity index is 1110. The normalized spacial score (nSPS) is 11.1. The summed E-state index contributed by atoms with van der Waals surface area (Å²) in [5.41, 5.74) is -0.860. The first-order valence-corrected chi connectivity index (χ1v) is 9.77. The van der Waals surface area contributed by atoms with Crippen molar-refractivity contribution in [3.63, 3.8) is 0 Å². The molecule has 0 radical (unpaired) electrons. The van der Waals surface area contributed by atoms with Gasteiger partial charge in [0.1, 0.15) is 11.5 Å². The molecule has 1 heterocycles. The third-order valence-electron chi connectivity index (χ3n) is 4.65. The average Bonchev–Trinajstić information content (AvgIpc) is 3.33. The number of hydrogen-bond donors (Lipinski definition) is 2. The zero-order chi connectivity index (χ0) is 24.0. The van der Waals surface area contributed by atoms with Gasteiger partial charge in [0, 0.05) is 18.2 Å². The minimum absolute atomic E-state index is 0.0462. The van der Waals surface area contributed by atoms with E-state index in [1.165, 1.54) is 38.7 Å². The summed E-state index contributed by atoms with van der Waals surface area (Å²) in [5, 5.41) is 4.64. The Kier molecular flexibility index (Phi) is 7.27. The molecule has 0 saturated carbocycles. The summed E-state index contributed by atoms with van der Waals surface area (Å²) in [4.78, 5) is 24.4. The van der Waals surface area contributed by atoms with Gasteiger partial charge < -0.3 is 24.5 Å². The van der Waals surface area contributed by atoms with E-state index >= 15 is 0 Å². The largest absolute Gasteiger partial charge is 0.497 e. The number of nitrogens with one attached hydrogen (secondary N) is 2. The number of hydrogen-bond acceptors (Lipinski definition) is 5. The molecule has 10 heteroatoms. The van der Waals surface area contributed by atoms with Crippen LogP contribution in [0.15, 0.2) is 59.2 Å². The van der Waals surface area contributed by atoms with E-state index in [-0.39, 0.29) is 24.3 Å². The second-order valence-corrected chi connectivity index (χ2v) is 6.96. The van der Waals surface area contributed by atoms with Crippen molar-refractivity contribution in [2.24, 2.45) is 0 Å². The van der Waals surface area contributed by atoms with Crippen molar-refractivity contribution in [2.45, 2.75) is 19.0 Å². The first-order chi connectivity index (χ1) is 15.7. The molecule has 0 atom stereocenters. The summed E-state index contributed by atoms with van der Waals surface area (Å²) >= 11 is 0. The molecule has 2 aromatic carbocycles. The fraction of sp³-hybridized carbons (Fsp3) is 0.217. The molecule has 2 N–H and O–H groups in total. The number of benzene rings is 2. The Hall–Kier alpha value is -3.95. The molecule has 7 nitrogen and oxygen atoms in total. The van der Waals surface area contributed by atoms with Gasteiger partial charge in [0.25, 0.3) is 5.91 Å². The summed E-state index contributed by atoms with van der Waals surface area (Å²) < 4.78 is 56.1. The molecule has 3 aromatic rings. The number of aryl methyl sites for hydroxylation is 1. The van der Waals surface area contributed by atoms with Crippen LogP contribution in [0, 0.1) is 0 Å². The van der Waals surface area contributed by atoms with E-state index in [4.69, 9.17) is 13.9 Å². The monoisotopic (exact) mass is 462 g/mol. The smallest absolute Gasteiger partial charge is 0.418 e. The summed E-state index contributed by atoms with van der Waals surface area (Å²) in [6.07, 6.45) is -3.28. The molecule has 0 aliphatic carbocycles. The van der Waals surface area contributed by atoms with Crippen LogP contribution in [0.25, 0.3) is 0 Å². The van der Waals surface area contributed by atoms with Crippen molar-refractivity contribution in [1.29, 1.82) is 0 Å². The Morgan fingerprint density at radius 1 is 0.970 bits per heavy atom. The summed E-state index contributed by atoms with van der Waals surface area (Å²) in [7, 11) is 2.98. The van der Waals surface area contributed by atoms with Crippen LogP contribution in [-0.2, 0) is 17.4 Å². The van der Waals surface area contributed by atoms with Crippen LogP contribution in [0.2, 0.25) is 0 Å². The van der Waals surface area contributed by atoms with Gasteiger partial charge in [-0.05, 0) is 54.4 Å². The van der Waals surface area contributed by atoms with Gasteiger partial charge in [-0.2, -0.15) is 13.2 Å². The first kappa shape index (κ1) is 23.7. The van der Waals surface area contributed by atoms with E-state index in [0.717, 1.165) is 17.7 Å². The SMILES string of the molecule is COc1cc(CCC(=O)Nc2ccc(NC(=O)c3ccco3)cc2C(F)(F)F)cc(OC)c1. The van der Waals surface area contributed by atoms with Gasteiger partial charge in [-0.1, -0.05) is 0 Å². The van der Waals surface area contributed by atoms with Crippen LogP contribution in [0.3, 0.4) is 0 Å². The third-order valence-corrected chi connectivity index (χ3v) is 4.65. The van der Waals surface area contributed by atoms with E-state index in [9.17, 15) is 22.8 Å². The highest BCUT2D eigenvalue weighted by molar-refractivity contribution is 6.02. The maximum atomic E-state index is 13.6. The van der Waals surface area contributed by atoms with Gasteiger partial charge in [0.15, 0.2) is 5.76 Å². The number of furan rings is 1. The van der Waals surface area contributed by atoms with Crippen LogP contribution in [-0.4, -0.2) is 26.0 Å². The highest BCUT2D eigenvalue weighted by Crippen LogP contribution is 2.37. The number of carbonyl (C=O) groups excluding carboxylic acids is 2. The summed E-state index contributed by atoms with van der Waals surface area (Å²) in [6.45, 7) is 0. The molecule has 0 spiro atoms. The van der Waals surface area contributed by atoms with E-state index < -0.39 is 29.2 Å². The maximum Gasteiger partial charge on any atom is 0.418 e. The van der Waals surface area contributed by atoms with Gasteiger partial charge in [-0.3, -0.25) is 9.59 Å². The van der Waals surface area contributed by atoms with Gasteiger partial charge in [0.2, 0.25) is 5.91 Å². The van der Waals surface area contributed by atoms with Crippen molar-refractivity contribution in [2.75, 3.05) is 24.9 Å². The molecule has 2 amide bonds. The standard InChI is InChI=1S/C23H21F3N2O5/c1-31-16-10-14(11-17(13-16)32-2)5-8-21(29)28-19-7-6-15(12-18(19)23(24,25)26)27-22(30)20-4-3-9-33-20/h3-4,6-7,9-13H,5,8H2,1-2H3,(H,27,30)(H,28,29). The van der Waals surface area contributed by atoms with E-state index in [2.05, 4.69) is 10.6 Å². The van der Waals surface area contributed by atoms with Gasteiger partial charge in [0.05, 0.1) is 31.7 Å². The van der Waals surface area contributed by atoms with Gasteiger partial charge in [-0.25, -0.2) is 0 Å². The molecule has 3 rings (SSSR count). The Morgan fingerprint density at radius 3 is 2.24 bits per heavy atom. The van der Waals surface area contributed by atoms with Crippen molar-refractivity contribution < 1.29 is 36.7 Å². The lowest BCUT2D eigenvalue weighted by atomic mass is 10.1. The van der Waals surface area contributed by atoms with Crippen LogP contribution < -0.4 is 20.1 Å². The topological polar surface area (TPSA) is 89.8 Å². The number of ether oxygens (including phenoxy) is 2. The fourth-order valence-corrected chi connectivity index (χ4v) is 3.05. The lowest BCUT2D eigenvalue weighted by Crippen LogP contribution is -2.18. The average molecular weight is 462 g/mol. The van der Waals surface area contributed by atoms with Crippen LogP contribution >= 0.6 is 0 Å². The maximum absolute atomic E-state index is 13.6. The minimum Gasteiger partial charge on any atom is -0.497 e. The zero-order valence-electron chi connectivity index (χ0n) is 17.8. The Labute approximate surface area is 187 Å². The zero-order valence-corrected chi connectivity index (χ0v) is 17.8. The van der Waals surface area contributed by atoms with Crippen molar-refractivity contribution in [1.82, 2.24) is 0 Å². The van der Waals surface area contributed by atoms with E-state index in [0.29, 0.717) is 11.5 Å². The molecule has 0 aliphatic heterocycles. The van der Waals surface area contributed by atoms with Crippen LogP contribution in [0.5, 0.6) is 11.5 Å². The quantitative estimate of drug-likeness (QED) is 0.484. The lowest BCUT2D eigenvalue weighted by Gasteiger charge is -2.16. The van der Waals surface area contributed by atoms with E-state index in [1.54, 1.807) is 18.2 Å². The van der Waals surface area contributed by atoms with Gasteiger partial charge in [-0.15, -0.1) is 0 Å². The van der Waals surface area contributed by atoms with Crippen molar-refractivity contribution >= 4 is 23.2 Å². The second-order valence-electron chi connectivity index (χ2n) is 6.96. The molecule has 33 heavy (non-hydrogen) atoms. The number of methoxy groups -OCH3 is 2. The Balaban J connectivity index is 1.71. The first-order valence-electron chi connectivity index (χ1n) is 9.77. The number of anilines is 2. The molecular weight excluding hydrogens is 441 g/mol. The second kappa shape index (κ2) is 10.1. The number of alkyl halides is 3. The minimum atomic E-state index is -4.76. The van der Waals surface area contributed by atoms with Crippen LogP contribution in [0.1, 0.15) is 28.1 Å². The predicted molar refractivity (Wildman–Crippen MR) is 115 cm³/mol. The molecule has 0 saturated heterocycles. The molecule has 0 bridgehead atoms. The number of rotatable bonds is 8. The number of amides is 2. The predicted octanol–water partition coefficient (Wildman–Crippen LogP) is 5.14. The van der Waals surface area contributed by atoms with Crippen molar-refractivity contribution in [3.8, 4) is 11.5 Å². The molecule has 1 aromatic heterocycles. The molecule has 174 valence electrons. The van der Waals surface area contributed by atoms with Crippen molar-refractivity contribution in [3.05, 3.63) is 71.7 Å². The number of halogens is 3. The number of carbonyl (C=O) groups is 2. The molecule has 0 fully saturated rings. The molecule has 0 aliphatic rings. The Morgan fingerprint density at radius 2 is 1.67 bits per heavy atom. The van der Waals surface area contributed by atoms with E-state index in [1.807, 2.05) is 0 Å². The molecule has 0 unspecified atom stereocenters.